The molecule has 0 fully saturated rings. The Bertz CT molecular complexity index is 258. The predicted octanol–water partition coefficient (Wildman–Crippen LogP) is 1.90. The number of hydrogen-bond acceptors (Lipinski definition) is 4. The van der Waals surface area contributed by atoms with Gasteiger partial charge in [-0.3, -0.25) is 0 Å². The van der Waals surface area contributed by atoms with Crippen LogP contribution in [0.4, 0.5) is 4.79 Å². The van der Waals surface area contributed by atoms with E-state index in [0.29, 0.717) is 19.4 Å². The van der Waals surface area contributed by atoms with Crippen molar-refractivity contribution >= 4 is 11.9 Å². The third-order valence-electron chi connectivity index (χ3n) is 1.93. The van der Waals surface area contributed by atoms with E-state index < -0.39 is 11.7 Å². The first-order valence-corrected chi connectivity index (χ1v) is 5.72. The Hall–Kier alpha value is -1.10. The number of ketones is 1. The molecule has 0 aromatic carbocycles. The summed E-state index contributed by atoms with van der Waals surface area (Å²) < 4.78 is 10.1. The predicted molar refractivity (Wildman–Crippen MR) is 64.9 cm³/mol. The summed E-state index contributed by atoms with van der Waals surface area (Å²) in [5.74, 6) is 0.0945. The minimum Gasteiger partial charge on any atom is -0.444 e. The Morgan fingerprint density at radius 2 is 1.88 bits per heavy atom. The van der Waals surface area contributed by atoms with Crippen LogP contribution in [-0.2, 0) is 14.3 Å². The molecule has 1 atom stereocenters. The molecule has 0 unspecified atom stereocenters. The van der Waals surface area contributed by atoms with Crippen molar-refractivity contribution in [1.29, 1.82) is 0 Å². The third kappa shape index (κ3) is 9.81. The van der Waals surface area contributed by atoms with Gasteiger partial charge in [0.15, 0.2) is 0 Å². The number of nitrogens with one attached hydrogen (secondary N) is 1. The summed E-state index contributed by atoms with van der Waals surface area (Å²) in [6.45, 7) is 7.29. The zero-order valence-corrected chi connectivity index (χ0v) is 11.3. The van der Waals surface area contributed by atoms with Crippen LogP contribution in [0.15, 0.2) is 0 Å². The lowest BCUT2D eigenvalue weighted by molar-refractivity contribution is -0.117. The van der Waals surface area contributed by atoms with Crippen LogP contribution in [0.3, 0.4) is 0 Å². The second kappa shape index (κ2) is 7.27. The SMILES string of the molecule is COC[C@H](CCC(C)=O)NC(=O)OC(C)(C)C. The number of alkyl carbamates (subject to hydrolysis) is 1. The quantitative estimate of drug-likeness (QED) is 0.776. The van der Waals surface area contributed by atoms with Crippen molar-refractivity contribution < 1.29 is 19.1 Å². The van der Waals surface area contributed by atoms with Gasteiger partial charge in [-0.15, -0.1) is 0 Å². The van der Waals surface area contributed by atoms with Crippen LogP contribution in [-0.4, -0.2) is 37.2 Å². The lowest BCUT2D eigenvalue weighted by Crippen LogP contribution is -2.41. The van der Waals surface area contributed by atoms with E-state index in [9.17, 15) is 9.59 Å². The summed E-state index contributed by atoms with van der Waals surface area (Å²) >= 11 is 0. The zero-order chi connectivity index (χ0) is 13.5. The molecule has 0 spiro atoms. The summed E-state index contributed by atoms with van der Waals surface area (Å²) in [5, 5.41) is 2.69. The van der Waals surface area contributed by atoms with Gasteiger partial charge in [-0.2, -0.15) is 0 Å². The topological polar surface area (TPSA) is 64.6 Å². The van der Waals surface area contributed by atoms with Gasteiger partial charge in [0.1, 0.15) is 11.4 Å². The molecule has 17 heavy (non-hydrogen) atoms. The van der Waals surface area contributed by atoms with Gasteiger partial charge < -0.3 is 19.6 Å². The molecule has 0 aliphatic rings. The molecule has 0 heterocycles. The van der Waals surface area contributed by atoms with Crippen molar-refractivity contribution in [3.63, 3.8) is 0 Å². The van der Waals surface area contributed by atoms with Gasteiger partial charge >= 0.3 is 6.09 Å². The van der Waals surface area contributed by atoms with E-state index in [4.69, 9.17) is 9.47 Å². The van der Waals surface area contributed by atoms with Crippen LogP contribution in [0.1, 0.15) is 40.5 Å². The first-order valence-electron chi connectivity index (χ1n) is 5.72. The first-order chi connectivity index (χ1) is 7.74. The Morgan fingerprint density at radius 1 is 1.29 bits per heavy atom. The summed E-state index contributed by atoms with van der Waals surface area (Å²) in [4.78, 5) is 22.4. The van der Waals surface area contributed by atoms with Crippen molar-refractivity contribution in [2.75, 3.05) is 13.7 Å². The van der Waals surface area contributed by atoms with Crippen LogP contribution in [0.2, 0.25) is 0 Å². The van der Waals surface area contributed by atoms with Crippen LogP contribution in [0.5, 0.6) is 0 Å². The standard InChI is InChI=1S/C12H23NO4/c1-9(14)6-7-10(8-16-5)13-11(15)17-12(2,3)4/h10H,6-8H2,1-5H3,(H,13,15)/t10-/m0/s1. The van der Waals surface area contributed by atoms with Gasteiger partial charge in [-0.1, -0.05) is 0 Å². The van der Waals surface area contributed by atoms with E-state index in [-0.39, 0.29) is 11.8 Å². The highest BCUT2D eigenvalue weighted by Gasteiger charge is 2.19. The van der Waals surface area contributed by atoms with E-state index in [0.717, 1.165) is 0 Å². The van der Waals surface area contributed by atoms with Crippen LogP contribution < -0.4 is 5.32 Å². The molecule has 5 heteroatoms. The van der Waals surface area contributed by atoms with Crippen LogP contribution >= 0.6 is 0 Å². The lowest BCUT2D eigenvalue weighted by atomic mass is 10.1. The number of carbonyl (C=O) groups is 2. The number of Topliss-reactive ketones (excluding diaryl/α,β-unsaturated/α-hetero) is 1. The van der Waals surface area contributed by atoms with Crippen LogP contribution in [0.25, 0.3) is 0 Å². The number of rotatable bonds is 6. The summed E-state index contributed by atoms with van der Waals surface area (Å²) in [7, 11) is 1.55. The fourth-order valence-electron chi connectivity index (χ4n) is 1.25. The average molecular weight is 245 g/mol. The highest BCUT2D eigenvalue weighted by molar-refractivity contribution is 5.75. The molecule has 1 amide bonds. The third-order valence-corrected chi connectivity index (χ3v) is 1.93. The molecule has 100 valence electrons. The van der Waals surface area contributed by atoms with Crippen LogP contribution in [0, 0.1) is 0 Å². The Kier molecular flexibility index (Phi) is 6.80. The average Bonchev–Trinajstić information content (AvgIpc) is 2.11. The van der Waals surface area contributed by atoms with Gasteiger partial charge in [0.2, 0.25) is 0 Å². The Labute approximate surface area is 103 Å². The minimum absolute atomic E-state index is 0.0945. The Balaban J connectivity index is 4.14. The fraction of sp³-hybridized carbons (Fsp3) is 0.833. The fourth-order valence-corrected chi connectivity index (χ4v) is 1.25. The smallest absolute Gasteiger partial charge is 0.407 e. The highest BCUT2D eigenvalue weighted by Crippen LogP contribution is 2.07. The molecular formula is C12H23NO4. The van der Waals surface area contributed by atoms with E-state index in [1.54, 1.807) is 27.9 Å². The first kappa shape index (κ1) is 15.9. The van der Waals surface area contributed by atoms with Crippen molar-refractivity contribution in [1.82, 2.24) is 5.32 Å². The monoisotopic (exact) mass is 245 g/mol. The molecule has 0 aliphatic heterocycles. The molecule has 0 bridgehead atoms. The van der Waals surface area contributed by atoms with Gasteiger partial charge in [0.25, 0.3) is 0 Å². The normalized spacial score (nSPS) is 13.0. The van der Waals surface area contributed by atoms with E-state index in [1.807, 2.05) is 0 Å². The van der Waals surface area contributed by atoms with Gasteiger partial charge in [-0.05, 0) is 34.1 Å². The maximum absolute atomic E-state index is 11.5. The number of carbonyl (C=O) groups excluding carboxylic acids is 2. The lowest BCUT2D eigenvalue weighted by Gasteiger charge is -2.23. The van der Waals surface area contributed by atoms with E-state index in [1.165, 1.54) is 6.92 Å². The van der Waals surface area contributed by atoms with Crippen molar-refractivity contribution in [2.45, 2.75) is 52.2 Å². The molecular weight excluding hydrogens is 222 g/mol. The maximum atomic E-state index is 11.5. The minimum atomic E-state index is -0.526. The molecule has 0 aromatic rings. The van der Waals surface area contributed by atoms with E-state index in [2.05, 4.69) is 5.32 Å². The molecule has 0 saturated heterocycles. The zero-order valence-electron chi connectivity index (χ0n) is 11.3. The number of hydrogen-bond donors (Lipinski definition) is 1. The van der Waals surface area contributed by atoms with Crippen molar-refractivity contribution in [3.05, 3.63) is 0 Å². The molecule has 0 radical (unpaired) electrons. The summed E-state index contributed by atoms with van der Waals surface area (Å²) in [6.07, 6.45) is 0.495. The number of ether oxygens (including phenoxy) is 2. The number of amides is 1. The van der Waals surface area contributed by atoms with E-state index >= 15 is 0 Å². The molecule has 1 N–H and O–H groups in total. The molecule has 0 aliphatic carbocycles. The summed E-state index contributed by atoms with van der Waals surface area (Å²) in [5.41, 5.74) is -0.526. The molecule has 0 rings (SSSR count). The van der Waals surface area contributed by atoms with Gasteiger partial charge in [-0.25, -0.2) is 4.79 Å². The van der Waals surface area contributed by atoms with Gasteiger partial charge in [0, 0.05) is 13.5 Å². The maximum Gasteiger partial charge on any atom is 0.407 e. The van der Waals surface area contributed by atoms with Gasteiger partial charge in [0.05, 0.1) is 12.6 Å². The van der Waals surface area contributed by atoms with Crippen molar-refractivity contribution in [2.24, 2.45) is 0 Å². The molecule has 0 saturated carbocycles. The largest absolute Gasteiger partial charge is 0.444 e. The second-order valence-corrected chi connectivity index (χ2v) is 5.04. The number of methoxy groups -OCH3 is 1. The highest BCUT2D eigenvalue weighted by atomic mass is 16.6. The summed E-state index contributed by atoms with van der Waals surface area (Å²) in [6, 6.07) is -0.196. The molecule has 0 aromatic heterocycles. The van der Waals surface area contributed by atoms with Crippen molar-refractivity contribution in [3.8, 4) is 0 Å². The Morgan fingerprint density at radius 3 is 2.29 bits per heavy atom. The molecule has 5 nitrogen and oxygen atoms in total. The second-order valence-electron chi connectivity index (χ2n) is 5.04.